The van der Waals surface area contributed by atoms with E-state index in [2.05, 4.69) is 41.3 Å². The molecule has 0 saturated carbocycles. The first-order valence-electron chi connectivity index (χ1n) is 6.80. The molecule has 0 fully saturated rings. The second-order valence-corrected chi connectivity index (χ2v) is 4.98. The lowest BCUT2D eigenvalue weighted by molar-refractivity contribution is 0.330. The van der Waals surface area contributed by atoms with E-state index in [1.54, 1.807) is 6.33 Å². The van der Waals surface area contributed by atoms with E-state index in [1.165, 1.54) is 11.1 Å². The molecule has 2 aromatic rings. The van der Waals surface area contributed by atoms with Crippen molar-refractivity contribution in [1.82, 2.24) is 9.97 Å². The summed E-state index contributed by atoms with van der Waals surface area (Å²) in [5, 5.41) is 3.28. The molecular weight excluding hydrogens is 250 g/mol. The number of nitrogens with one attached hydrogen (secondary N) is 1. The number of hydrogen-bond donors (Lipinski definition) is 1. The topological polar surface area (TPSA) is 47.0 Å². The van der Waals surface area contributed by atoms with Gasteiger partial charge in [-0.15, -0.1) is 0 Å². The van der Waals surface area contributed by atoms with Gasteiger partial charge in [0.1, 0.15) is 24.5 Å². The van der Waals surface area contributed by atoms with Crippen molar-refractivity contribution in [2.45, 2.75) is 27.7 Å². The average molecular weight is 271 g/mol. The summed E-state index contributed by atoms with van der Waals surface area (Å²) < 4.78 is 5.78. The summed E-state index contributed by atoms with van der Waals surface area (Å²) in [6.07, 6.45) is 1.58. The monoisotopic (exact) mass is 271 g/mol. The molecule has 4 nitrogen and oxygen atoms in total. The number of nitrogens with zero attached hydrogens (tertiary/aromatic N) is 2. The molecule has 1 aromatic heterocycles. The molecule has 0 spiro atoms. The third kappa shape index (κ3) is 3.47. The predicted octanol–water partition coefficient (Wildman–Crippen LogP) is 3.20. The number of hydrogen-bond acceptors (Lipinski definition) is 4. The highest BCUT2D eigenvalue weighted by molar-refractivity contribution is 5.44. The number of benzene rings is 1. The Kier molecular flexibility index (Phi) is 4.56. The SMILES string of the molecule is Cc1ccc(OCCNc2ncnc(C)c2C)c(C)c1. The molecule has 0 radical (unpaired) electrons. The van der Waals surface area contributed by atoms with E-state index in [-0.39, 0.29) is 0 Å². The van der Waals surface area contributed by atoms with Gasteiger partial charge in [0, 0.05) is 11.3 Å². The van der Waals surface area contributed by atoms with E-state index in [4.69, 9.17) is 4.74 Å². The Hall–Kier alpha value is -2.10. The lowest BCUT2D eigenvalue weighted by Crippen LogP contribution is -2.14. The summed E-state index contributed by atoms with van der Waals surface area (Å²) in [6, 6.07) is 6.21. The third-order valence-corrected chi connectivity index (χ3v) is 3.32. The van der Waals surface area contributed by atoms with Crippen molar-refractivity contribution < 1.29 is 4.74 Å². The minimum atomic E-state index is 0.604. The highest BCUT2D eigenvalue weighted by atomic mass is 16.5. The van der Waals surface area contributed by atoms with E-state index < -0.39 is 0 Å². The maximum atomic E-state index is 5.78. The van der Waals surface area contributed by atoms with E-state index >= 15 is 0 Å². The lowest BCUT2D eigenvalue weighted by atomic mass is 10.1. The molecule has 1 N–H and O–H groups in total. The van der Waals surface area contributed by atoms with Gasteiger partial charge in [0.15, 0.2) is 0 Å². The van der Waals surface area contributed by atoms with Crippen LogP contribution in [0.4, 0.5) is 5.82 Å². The summed E-state index contributed by atoms with van der Waals surface area (Å²) in [6.45, 7) is 9.46. The van der Waals surface area contributed by atoms with Crippen molar-refractivity contribution in [3.8, 4) is 5.75 Å². The van der Waals surface area contributed by atoms with Gasteiger partial charge in [-0.1, -0.05) is 17.7 Å². The first-order chi connectivity index (χ1) is 9.58. The van der Waals surface area contributed by atoms with Gasteiger partial charge in [-0.05, 0) is 39.3 Å². The summed E-state index contributed by atoms with van der Waals surface area (Å²) in [5.74, 6) is 1.81. The fourth-order valence-electron chi connectivity index (χ4n) is 2.01. The van der Waals surface area contributed by atoms with E-state index in [0.717, 1.165) is 22.8 Å². The second-order valence-electron chi connectivity index (χ2n) is 4.98. The molecule has 0 saturated heterocycles. The van der Waals surface area contributed by atoms with Crippen LogP contribution in [0.5, 0.6) is 5.75 Å². The Bertz CT molecular complexity index is 596. The fourth-order valence-corrected chi connectivity index (χ4v) is 2.01. The van der Waals surface area contributed by atoms with Crippen molar-refractivity contribution >= 4 is 5.82 Å². The number of anilines is 1. The van der Waals surface area contributed by atoms with Crippen molar-refractivity contribution in [3.63, 3.8) is 0 Å². The number of aryl methyl sites for hydroxylation is 3. The van der Waals surface area contributed by atoms with Crippen LogP contribution in [0.15, 0.2) is 24.5 Å². The first-order valence-corrected chi connectivity index (χ1v) is 6.80. The fraction of sp³-hybridized carbons (Fsp3) is 0.375. The second kappa shape index (κ2) is 6.37. The number of rotatable bonds is 5. The van der Waals surface area contributed by atoms with Crippen LogP contribution in [0.2, 0.25) is 0 Å². The number of aromatic nitrogens is 2. The Morgan fingerprint density at radius 1 is 1.10 bits per heavy atom. The van der Waals surface area contributed by atoms with Gasteiger partial charge in [0.2, 0.25) is 0 Å². The molecule has 4 heteroatoms. The Morgan fingerprint density at radius 2 is 1.90 bits per heavy atom. The van der Waals surface area contributed by atoms with Gasteiger partial charge in [-0.3, -0.25) is 0 Å². The summed E-state index contributed by atoms with van der Waals surface area (Å²) in [4.78, 5) is 8.39. The molecule has 1 aromatic carbocycles. The molecular formula is C16H21N3O. The van der Waals surface area contributed by atoms with Crippen molar-refractivity contribution in [2.75, 3.05) is 18.5 Å². The van der Waals surface area contributed by atoms with Gasteiger partial charge in [-0.25, -0.2) is 9.97 Å². The normalized spacial score (nSPS) is 10.4. The molecule has 2 rings (SSSR count). The molecule has 0 bridgehead atoms. The van der Waals surface area contributed by atoms with Crippen LogP contribution in [0.1, 0.15) is 22.4 Å². The summed E-state index contributed by atoms with van der Waals surface area (Å²) in [7, 11) is 0. The van der Waals surface area contributed by atoms with E-state index in [9.17, 15) is 0 Å². The van der Waals surface area contributed by atoms with Gasteiger partial charge in [0.05, 0.1) is 6.54 Å². The molecule has 0 aliphatic heterocycles. The molecule has 20 heavy (non-hydrogen) atoms. The molecule has 1 heterocycles. The van der Waals surface area contributed by atoms with Crippen LogP contribution in [0, 0.1) is 27.7 Å². The predicted molar refractivity (Wildman–Crippen MR) is 81.4 cm³/mol. The standard InChI is InChI=1S/C16H21N3O/c1-11-5-6-15(12(2)9-11)20-8-7-17-16-13(3)14(4)18-10-19-16/h5-6,9-10H,7-8H2,1-4H3,(H,17,18,19). The highest BCUT2D eigenvalue weighted by Gasteiger charge is 2.03. The maximum absolute atomic E-state index is 5.78. The zero-order valence-corrected chi connectivity index (χ0v) is 12.5. The lowest BCUT2D eigenvalue weighted by Gasteiger charge is -2.12. The maximum Gasteiger partial charge on any atom is 0.132 e. The van der Waals surface area contributed by atoms with Gasteiger partial charge in [-0.2, -0.15) is 0 Å². The van der Waals surface area contributed by atoms with Crippen LogP contribution in [-0.2, 0) is 0 Å². The van der Waals surface area contributed by atoms with Crippen molar-refractivity contribution in [1.29, 1.82) is 0 Å². The smallest absolute Gasteiger partial charge is 0.132 e. The van der Waals surface area contributed by atoms with Crippen LogP contribution in [-0.4, -0.2) is 23.1 Å². The quantitative estimate of drug-likeness (QED) is 0.848. The molecule has 0 unspecified atom stereocenters. The van der Waals surface area contributed by atoms with Crippen molar-refractivity contribution in [3.05, 3.63) is 46.9 Å². The average Bonchev–Trinajstić information content (AvgIpc) is 2.41. The molecule has 0 aliphatic rings. The van der Waals surface area contributed by atoms with Gasteiger partial charge >= 0.3 is 0 Å². The third-order valence-electron chi connectivity index (χ3n) is 3.32. The molecule has 106 valence electrons. The van der Waals surface area contributed by atoms with Crippen LogP contribution in [0.25, 0.3) is 0 Å². The van der Waals surface area contributed by atoms with Crippen LogP contribution in [0.3, 0.4) is 0 Å². The summed E-state index contributed by atoms with van der Waals surface area (Å²) in [5.41, 5.74) is 4.50. The highest BCUT2D eigenvalue weighted by Crippen LogP contribution is 2.18. The van der Waals surface area contributed by atoms with E-state index in [1.807, 2.05) is 19.9 Å². The van der Waals surface area contributed by atoms with E-state index in [0.29, 0.717) is 13.2 Å². The first kappa shape index (κ1) is 14.3. The summed E-state index contributed by atoms with van der Waals surface area (Å²) >= 11 is 0. The zero-order valence-electron chi connectivity index (χ0n) is 12.5. The van der Waals surface area contributed by atoms with Gasteiger partial charge < -0.3 is 10.1 Å². The Morgan fingerprint density at radius 3 is 2.65 bits per heavy atom. The van der Waals surface area contributed by atoms with Gasteiger partial charge in [0.25, 0.3) is 0 Å². The number of ether oxygens (including phenoxy) is 1. The molecule has 0 aliphatic carbocycles. The minimum absolute atomic E-state index is 0.604. The molecule has 0 atom stereocenters. The van der Waals surface area contributed by atoms with Crippen molar-refractivity contribution in [2.24, 2.45) is 0 Å². The largest absolute Gasteiger partial charge is 0.491 e. The zero-order chi connectivity index (χ0) is 14.5. The Labute approximate surface area is 120 Å². The molecule has 0 amide bonds. The Balaban J connectivity index is 1.86. The minimum Gasteiger partial charge on any atom is -0.491 e. The van der Waals surface area contributed by atoms with Crippen LogP contribution >= 0.6 is 0 Å². The van der Waals surface area contributed by atoms with Crippen LogP contribution < -0.4 is 10.1 Å².